The highest BCUT2D eigenvalue weighted by Crippen LogP contribution is 2.23. The summed E-state index contributed by atoms with van der Waals surface area (Å²) in [5, 5.41) is 13.9. The molecule has 0 aliphatic heterocycles. The van der Waals surface area contributed by atoms with Crippen molar-refractivity contribution in [2.45, 2.75) is 6.92 Å². The van der Waals surface area contributed by atoms with Crippen LogP contribution in [0.4, 0.5) is 0 Å². The summed E-state index contributed by atoms with van der Waals surface area (Å²) < 4.78 is 12.2. The molecular formula is C14H13N5O3. The first-order valence-corrected chi connectivity index (χ1v) is 6.64. The minimum absolute atomic E-state index is 0.0120. The summed E-state index contributed by atoms with van der Waals surface area (Å²) in [6.07, 6.45) is 3.54. The number of esters is 1. The molecule has 0 saturated heterocycles. The number of nitrogens with one attached hydrogen (secondary N) is 1. The number of hydrogen-bond donors (Lipinski definition) is 1. The van der Waals surface area contributed by atoms with E-state index in [-0.39, 0.29) is 18.2 Å². The fourth-order valence-electron chi connectivity index (χ4n) is 1.83. The van der Waals surface area contributed by atoms with Crippen LogP contribution in [0.2, 0.25) is 0 Å². The van der Waals surface area contributed by atoms with E-state index in [1.54, 1.807) is 29.9 Å². The van der Waals surface area contributed by atoms with Gasteiger partial charge in [-0.25, -0.2) is 14.6 Å². The van der Waals surface area contributed by atoms with E-state index in [1.165, 1.54) is 0 Å². The number of ether oxygens (including phenoxy) is 2. The highest BCUT2D eigenvalue weighted by atomic mass is 16.5. The summed E-state index contributed by atoms with van der Waals surface area (Å²) in [5.74, 6) is 0.0946. The first-order valence-electron chi connectivity index (χ1n) is 6.64. The second kappa shape index (κ2) is 6.08. The molecule has 2 heterocycles. The Morgan fingerprint density at radius 2 is 2.14 bits per heavy atom. The maximum atomic E-state index is 11.7. The van der Waals surface area contributed by atoms with Gasteiger partial charge in [-0.2, -0.15) is 5.10 Å². The SMILES string of the molecule is CCOC(=O)c1nn[nH]c1Oc1ccc(-n2cccn2)cc1. The van der Waals surface area contributed by atoms with Gasteiger partial charge in [0.1, 0.15) is 5.75 Å². The van der Waals surface area contributed by atoms with Gasteiger partial charge in [-0.15, -0.1) is 5.10 Å². The van der Waals surface area contributed by atoms with Crippen LogP contribution in [-0.4, -0.2) is 37.8 Å². The Hall–Kier alpha value is -3.16. The lowest BCUT2D eigenvalue weighted by Crippen LogP contribution is -2.06. The number of aromatic nitrogens is 5. The number of benzene rings is 1. The van der Waals surface area contributed by atoms with Crippen molar-refractivity contribution in [2.24, 2.45) is 0 Å². The molecule has 112 valence electrons. The van der Waals surface area contributed by atoms with E-state index in [0.29, 0.717) is 5.75 Å². The smallest absolute Gasteiger partial charge is 0.364 e. The number of carbonyl (C=O) groups is 1. The Labute approximate surface area is 125 Å². The van der Waals surface area contributed by atoms with Crippen LogP contribution in [0, 0.1) is 0 Å². The molecule has 1 N–H and O–H groups in total. The average molecular weight is 299 g/mol. The third kappa shape index (κ3) is 2.80. The number of rotatable bonds is 5. The monoisotopic (exact) mass is 299 g/mol. The predicted octanol–water partition coefficient (Wildman–Crippen LogP) is 1.96. The second-order valence-corrected chi connectivity index (χ2v) is 4.26. The maximum Gasteiger partial charge on any atom is 0.364 e. The molecule has 0 radical (unpaired) electrons. The molecule has 3 aromatic rings. The van der Waals surface area contributed by atoms with Crippen molar-refractivity contribution in [1.82, 2.24) is 25.2 Å². The Kier molecular flexibility index (Phi) is 3.82. The molecule has 1 aromatic carbocycles. The van der Waals surface area contributed by atoms with Crippen LogP contribution in [0.25, 0.3) is 5.69 Å². The highest BCUT2D eigenvalue weighted by molar-refractivity contribution is 5.89. The summed E-state index contributed by atoms with van der Waals surface area (Å²) in [6, 6.07) is 9.04. The quantitative estimate of drug-likeness (QED) is 0.724. The molecule has 0 atom stereocenters. The topological polar surface area (TPSA) is 94.9 Å². The molecule has 0 aliphatic carbocycles. The van der Waals surface area contributed by atoms with E-state index in [4.69, 9.17) is 9.47 Å². The number of H-pyrrole nitrogens is 1. The van der Waals surface area contributed by atoms with Gasteiger partial charge in [0, 0.05) is 12.4 Å². The van der Waals surface area contributed by atoms with Crippen molar-refractivity contribution in [3.05, 3.63) is 48.4 Å². The summed E-state index contributed by atoms with van der Waals surface area (Å²) in [6.45, 7) is 1.97. The molecule has 0 spiro atoms. The van der Waals surface area contributed by atoms with Crippen LogP contribution >= 0.6 is 0 Å². The first kappa shape index (κ1) is 13.8. The third-order valence-electron chi connectivity index (χ3n) is 2.81. The zero-order valence-electron chi connectivity index (χ0n) is 11.8. The molecule has 2 aromatic heterocycles. The normalized spacial score (nSPS) is 10.4. The molecule has 0 unspecified atom stereocenters. The van der Waals surface area contributed by atoms with E-state index >= 15 is 0 Å². The Bertz CT molecular complexity index is 749. The molecule has 8 nitrogen and oxygen atoms in total. The van der Waals surface area contributed by atoms with Crippen molar-refractivity contribution < 1.29 is 14.3 Å². The standard InChI is InChI=1S/C14H13N5O3/c1-2-21-14(20)12-13(17-18-16-12)22-11-6-4-10(5-7-11)19-9-3-8-15-19/h3-9H,2H2,1H3,(H,16,17,18). The van der Waals surface area contributed by atoms with Crippen molar-refractivity contribution in [3.8, 4) is 17.3 Å². The molecule has 22 heavy (non-hydrogen) atoms. The van der Waals surface area contributed by atoms with Crippen molar-refractivity contribution in [1.29, 1.82) is 0 Å². The molecule has 0 aliphatic rings. The zero-order valence-corrected chi connectivity index (χ0v) is 11.8. The Balaban J connectivity index is 1.77. The predicted molar refractivity (Wildman–Crippen MR) is 76.0 cm³/mol. The third-order valence-corrected chi connectivity index (χ3v) is 2.81. The number of carbonyl (C=O) groups excluding carboxylic acids is 1. The average Bonchev–Trinajstić information content (AvgIpc) is 3.19. The Morgan fingerprint density at radius 3 is 2.82 bits per heavy atom. The molecular weight excluding hydrogens is 286 g/mol. The van der Waals surface area contributed by atoms with Crippen LogP contribution in [-0.2, 0) is 4.74 Å². The van der Waals surface area contributed by atoms with Gasteiger partial charge in [0.2, 0.25) is 5.69 Å². The van der Waals surface area contributed by atoms with Gasteiger partial charge in [-0.1, -0.05) is 5.21 Å². The molecule has 8 heteroatoms. The summed E-state index contributed by atoms with van der Waals surface area (Å²) in [4.78, 5) is 11.7. The lowest BCUT2D eigenvalue weighted by molar-refractivity contribution is 0.0516. The molecule has 3 rings (SSSR count). The lowest BCUT2D eigenvalue weighted by Gasteiger charge is -2.06. The van der Waals surface area contributed by atoms with Crippen molar-refractivity contribution in [2.75, 3.05) is 6.61 Å². The van der Waals surface area contributed by atoms with Gasteiger partial charge >= 0.3 is 5.97 Å². The Morgan fingerprint density at radius 1 is 1.32 bits per heavy atom. The number of aromatic amines is 1. The van der Waals surface area contributed by atoms with Gasteiger partial charge in [-0.3, -0.25) is 0 Å². The first-order chi connectivity index (χ1) is 10.8. The van der Waals surface area contributed by atoms with E-state index in [9.17, 15) is 4.79 Å². The number of hydrogen-bond acceptors (Lipinski definition) is 6. The second-order valence-electron chi connectivity index (χ2n) is 4.26. The van der Waals surface area contributed by atoms with E-state index in [1.807, 2.05) is 24.4 Å². The van der Waals surface area contributed by atoms with Gasteiger partial charge in [0.05, 0.1) is 12.3 Å². The fourth-order valence-corrected chi connectivity index (χ4v) is 1.83. The largest absolute Gasteiger partial charge is 0.461 e. The fraction of sp³-hybridized carbons (Fsp3) is 0.143. The molecule has 0 fully saturated rings. The van der Waals surface area contributed by atoms with Crippen molar-refractivity contribution in [3.63, 3.8) is 0 Å². The summed E-state index contributed by atoms with van der Waals surface area (Å²) in [5.41, 5.74) is 0.906. The van der Waals surface area contributed by atoms with Crippen LogP contribution in [0.5, 0.6) is 11.6 Å². The molecule has 0 saturated carbocycles. The number of nitrogens with zero attached hydrogens (tertiary/aromatic N) is 4. The van der Waals surface area contributed by atoms with Gasteiger partial charge in [0.15, 0.2) is 0 Å². The highest BCUT2D eigenvalue weighted by Gasteiger charge is 2.19. The van der Waals surface area contributed by atoms with Gasteiger partial charge < -0.3 is 9.47 Å². The van der Waals surface area contributed by atoms with Gasteiger partial charge in [0.25, 0.3) is 5.88 Å². The van der Waals surface area contributed by atoms with E-state index in [0.717, 1.165) is 5.69 Å². The minimum atomic E-state index is -0.584. The minimum Gasteiger partial charge on any atom is -0.461 e. The van der Waals surface area contributed by atoms with Crippen molar-refractivity contribution >= 4 is 5.97 Å². The molecule has 0 bridgehead atoms. The van der Waals surface area contributed by atoms with Crippen LogP contribution in [0.3, 0.4) is 0 Å². The van der Waals surface area contributed by atoms with E-state index < -0.39 is 5.97 Å². The summed E-state index contributed by atoms with van der Waals surface area (Å²) >= 11 is 0. The summed E-state index contributed by atoms with van der Waals surface area (Å²) in [7, 11) is 0. The van der Waals surface area contributed by atoms with Crippen LogP contribution in [0.15, 0.2) is 42.7 Å². The van der Waals surface area contributed by atoms with Crippen LogP contribution in [0.1, 0.15) is 17.4 Å². The zero-order chi connectivity index (χ0) is 15.4. The lowest BCUT2D eigenvalue weighted by atomic mass is 10.3. The van der Waals surface area contributed by atoms with Gasteiger partial charge in [-0.05, 0) is 37.3 Å². The maximum absolute atomic E-state index is 11.7. The van der Waals surface area contributed by atoms with Crippen LogP contribution < -0.4 is 4.74 Å². The van der Waals surface area contributed by atoms with E-state index in [2.05, 4.69) is 20.5 Å². The molecule has 0 amide bonds.